The summed E-state index contributed by atoms with van der Waals surface area (Å²) in [7, 11) is -3.44. The lowest BCUT2D eigenvalue weighted by Gasteiger charge is -2.26. The number of aryl methyl sites for hydroxylation is 1. The van der Waals surface area contributed by atoms with Gasteiger partial charge in [-0.05, 0) is 42.7 Å². The van der Waals surface area contributed by atoms with E-state index in [1.54, 1.807) is 19.1 Å². The maximum absolute atomic E-state index is 12.7. The summed E-state index contributed by atoms with van der Waals surface area (Å²) in [6.07, 6.45) is -0.670. The quantitative estimate of drug-likeness (QED) is 0.692. The Morgan fingerprint density at radius 1 is 1.13 bits per heavy atom. The predicted molar refractivity (Wildman–Crippen MR) is 115 cm³/mol. The smallest absolute Gasteiger partial charge is 0.261 e. The molecule has 0 radical (unpaired) electrons. The highest BCUT2D eigenvalue weighted by atomic mass is 32.2. The van der Waals surface area contributed by atoms with E-state index in [9.17, 15) is 13.2 Å². The van der Waals surface area contributed by atoms with Crippen molar-refractivity contribution >= 4 is 15.9 Å². The molecule has 1 aliphatic heterocycles. The average Bonchev–Trinajstić information content (AvgIpc) is 2.73. The number of sulfonamides is 1. The summed E-state index contributed by atoms with van der Waals surface area (Å²) < 4.78 is 37.9. The number of rotatable bonds is 8. The van der Waals surface area contributed by atoms with Crippen LogP contribution >= 0.6 is 0 Å². The van der Waals surface area contributed by atoms with Crippen molar-refractivity contribution in [1.82, 2.24) is 9.62 Å². The summed E-state index contributed by atoms with van der Waals surface area (Å²) in [6, 6.07) is 14.8. The highest BCUT2D eigenvalue weighted by Crippen LogP contribution is 2.17. The number of hydrogen-bond acceptors (Lipinski definition) is 5. The van der Waals surface area contributed by atoms with Crippen LogP contribution < -0.4 is 10.1 Å². The van der Waals surface area contributed by atoms with E-state index >= 15 is 0 Å². The maximum atomic E-state index is 12.7. The van der Waals surface area contributed by atoms with Gasteiger partial charge in [-0.2, -0.15) is 4.31 Å². The molecule has 0 unspecified atom stereocenters. The van der Waals surface area contributed by atoms with Crippen molar-refractivity contribution in [3.8, 4) is 5.75 Å². The number of amides is 1. The van der Waals surface area contributed by atoms with E-state index in [0.717, 1.165) is 11.1 Å². The Balaban J connectivity index is 1.61. The van der Waals surface area contributed by atoms with Crippen molar-refractivity contribution in [2.45, 2.75) is 32.2 Å². The van der Waals surface area contributed by atoms with Crippen LogP contribution in [0.15, 0.2) is 48.5 Å². The van der Waals surface area contributed by atoms with Crippen LogP contribution in [-0.4, -0.2) is 51.0 Å². The fourth-order valence-electron chi connectivity index (χ4n) is 3.26. The first-order valence-electron chi connectivity index (χ1n) is 9.98. The average molecular weight is 433 g/mol. The molecule has 1 amide bonds. The molecule has 1 aliphatic rings. The second-order valence-electron chi connectivity index (χ2n) is 7.33. The first-order chi connectivity index (χ1) is 14.3. The molecule has 0 saturated carbocycles. The summed E-state index contributed by atoms with van der Waals surface area (Å²) in [5.41, 5.74) is 2.50. The van der Waals surface area contributed by atoms with Crippen LogP contribution in [0, 0.1) is 6.92 Å². The molecule has 1 N–H and O–H groups in total. The summed E-state index contributed by atoms with van der Waals surface area (Å²) in [6.45, 7) is 5.44. The maximum Gasteiger partial charge on any atom is 0.261 e. The molecule has 0 bridgehead atoms. The number of nitrogens with one attached hydrogen (secondary N) is 1. The van der Waals surface area contributed by atoms with E-state index in [2.05, 4.69) is 5.32 Å². The van der Waals surface area contributed by atoms with Gasteiger partial charge in [0.15, 0.2) is 6.10 Å². The van der Waals surface area contributed by atoms with Crippen LogP contribution in [-0.2, 0) is 31.9 Å². The second kappa shape index (κ2) is 10.1. The lowest BCUT2D eigenvalue weighted by molar-refractivity contribution is -0.127. The van der Waals surface area contributed by atoms with Gasteiger partial charge in [0, 0.05) is 19.6 Å². The molecule has 1 heterocycles. The van der Waals surface area contributed by atoms with Gasteiger partial charge in [0.1, 0.15) is 5.75 Å². The third-order valence-corrected chi connectivity index (χ3v) is 6.77. The van der Waals surface area contributed by atoms with Gasteiger partial charge in [-0.25, -0.2) is 8.42 Å². The molecule has 30 heavy (non-hydrogen) atoms. The highest BCUT2D eigenvalue weighted by molar-refractivity contribution is 7.88. The number of carbonyl (C=O) groups excluding carboxylic acids is 1. The van der Waals surface area contributed by atoms with Gasteiger partial charge in [-0.15, -0.1) is 0 Å². The van der Waals surface area contributed by atoms with Crippen LogP contribution in [0.25, 0.3) is 0 Å². The lowest BCUT2D eigenvalue weighted by Crippen LogP contribution is -2.41. The molecule has 3 rings (SSSR count). The highest BCUT2D eigenvalue weighted by Gasteiger charge is 2.25. The topological polar surface area (TPSA) is 84.9 Å². The van der Waals surface area contributed by atoms with Gasteiger partial charge < -0.3 is 14.8 Å². The van der Waals surface area contributed by atoms with E-state index in [0.29, 0.717) is 37.6 Å². The molecule has 0 spiro atoms. The predicted octanol–water partition coefficient (Wildman–Crippen LogP) is 2.24. The monoisotopic (exact) mass is 432 g/mol. The summed E-state index contributed by atoms with van der Waals surface area (Å²) in [5, 5.41) is 2.85. The summed E-state index contributed by atoms with van der Waals surface area (Å²) >= 11 is 0. The van der Waals surface area contributed by atoms with Crippen LogP contribution in [0.1, 0.15) is 23.6 Å². The number of carbonyl (C=O) groups is 1. The van der Waals surface area contributed by atoms with E-state index < -0.39 is 16.1 Å². The molecule has 8 heteroatoms. The summed E-state index contributed by atoms with van der Waals surface area (Å²) in [4.78, 5) is 12.5. The second-order valence-corrected chi connectivity index (χ2v) is 9.30. The van der Waals surface area contributed by atoms with E-state index in [1.807, 2.05) is 43.3 Å². The van der Waals surface area contributed by atoms with Crippen molar-refractivity contribution < 1.29 is 22.7 Å². The van der Waals surface area contributed by atoms with Crippen molar-refractivity contribution in [3.63, 3.8) is 0 Å². The van der Waals surface area contributed by atoms with Crippen LogP contribution in [0.2, 0.25) is 0 Å². The van der Waals surface area contributed by atoms with Gasteiger partial charge in [0.25, 0.3) is 5.91 Å². The fraction of sp³-hybridized carbons (Fsp3) is 0.409. The zero-order chi connectivity index (χ0) is 21.6. The minimum atomic E-state index is -3.44. The van der Waals surface area contributed by atoms with E-state index in [4.69, 9.17) is 9.47 Å². The van der Waals surface area contributed by atoms with Gasteiger partial charge in [0.05, 0.1) is 19.0 Å². The third kappa shape index (κ3) is 6.04. The van der Waals surface area contributed by atoms with Gasteiger partial charge in [0.2, 0.25) is 10.0 Å². The minimum absolute atomic E-state index is 0.103. The molecule has 2 aromatic rings. The van der Waals surface area contributed by atoms with Crippen molar-refractivity contribution in [2.24, 2.45) is 0 Å². The van der Waals surface area contributed by atoms with Gasteiger partial charge in [-0.1, -0.05) is 36.4 Å². The molecular formula is C22H28N2O5S. The largest absolute Gasteiger partial charge is 0.481 e. The Morgan fingerprint density at radius 3 is 2.53 bits per heavy atom. The number of ether oxygens (including phenoxy) is 2. The Bertz CT molecular complexity index is 971. The van der Waals surface area contributed by atoms with Crippen LogP contribution in [0.5, 0.6) is 5.75 Å². The fourth-order valence-corrected chi connectivity index (χ4v) is 4.82. The molecule has 1 atom stereocenters. The number of morpholine rings is 1. The lowest BCUT2D eigenvalue weighted by atomic mass is 10.1. The molecule has 1 saturated heterocycles. The Hall–Kier alpha value is -2.42. The molecule has 7 nitrogen and oxygen atoms in total. The first-order valence-corrected chi connectivity index (χ1v) is 11.6. The summed E-state index contributed by atoms with van der Waals surface area (Å²) in [5.74, 6) is 0.269. The Labute approximate surface area is 178 Å². The molecule has 2 aromatic carbocycles. The Kier molecular flexibility index (Phi) is 7.47. The third-order valence-electron chi connectivity index (χ3n) is 4.94. The van der Waals surface area contributed by atoms with E-state index in [1.165, 1.54) is 4.31 Å². The zero-order valence-corrected chi connectivity index (χ0v) is 18.2. The standard InChI is InChI=1S/C22H28N2O5S/c1-17-6-5-9-21(14-17)29-18(2)22(25)23-15-19-7-3-4-8-20(19)16-30(26,27)24-10-12-28-13-11-24/h3-9,14,18H,10-13,15-16H2,1-2H3,(H,23,25)/t18-/m1/s1. The molecular weight excluding hydrogens is 404 g/mol. The van der Waals surface area contributed by atoms with Crippen molar-refractivity contribution in [3.05, 3.63) is 65.2 Å². The molecule has 1 fully saturated rings. The van der Waals surface area contributed by atoms with E-state index in [-0.39, 0.29) is 18.2 Å². The Morgan fingerprint density at radius 2 is 1.83 bits per heavy atom. The van der Waals surface area contributed by atoms with Crippen molar-refractivity contribution in [2.75, 3.05) is 26.3 Å². The normalized spacial score (nSPS) is 16.1. The molecule has 0 aliphatic carbocycles. The van der Waals surface area contributed by atoms with Gasteiger partial charge in [-0.3, -0.25) is 4.79 Å². The number of nitrogens with zero attached hydrogens (tertiary/aromatic N) is 1. The first kappa shape index (κ1) is 22.3. The molecule has 162 valence electrons. The number of benzene rings is 2. The van der Waals surface area contributed by atoms with Crippen LogP contribution in [0.3, 0.4) is 0 Å². The molecule has 0 aromatic heterocycles. The van der Waals surface area contributed by atoms with Crippen molar-refractivity contribution in [1.29, 1.82) is 0 Å². The van der Waals surface area contributed by atoms with Gasteiger partial charge >= 0.3 is 0 Å². The SMILES string of the molecule is Cc1cccc(O[C@H](C)C(=O)NCc2ccccc2CS(=O)(=O)N2CCOCC2)c1. The van der Waals surface area contributed by atoms with Crippen LogP contribution in [0.4, 0.5) is 0 Å². The minimum Gasteiger partial charge on any atom is -0.481 e. The number of hydrogen-bond donors (Lipinski definition) is 1. The zero-order valence-electron chi connectivity index (χ0n) is 17.3.